The Bertz CT molecular complexity index is 687. The van der Waals surface area contributed by atoms with E-state index >= 15 is 0 Å². The predicted octanol–water partition coefficient (Wildman–Crippen LogP) is 1.76. The van der Waals surface area contributed by atoms with Crippen molar-refractivity contribution in [2.24, 2.45) is 7.05 Å². The molecular formula is C10H12ClN3O3S. The third-order valence-electron chi connectivity index (χ3n) is 2.63. The molecule has 0 fully saturated rings. The summed E-state index contributed by atoms with van der Waals surface area (Å²) < 4.78 is 28.8. The van der Waals surface area contributed by atoms with Crippen LogP contribution in [0.1, 0.15) is 17.1 Å². The maximum atomic E-state index is 11.0. The molecule has 0 aromatic carbocycles. The number of nitrogens with zero attached hydrogens (tertiary/aromatic N) is 3. The molecule has 6 nitrogen and oxygen atoms in total. The van der Waals surface area contributed by atoms with Crippen LogP contribution in [-0.4, -0.2) is 23.4 Å². The molecule has 0 aliphatic rings. The summed E-state index contributed by atoms with van der Waals surface area (Å²) in [5.41, 5.74) is 2.82. The first kappa shape index (κ1) is 13.1. The van der Waals surface area contributed by atoms with Gasteiger partial charge in [-0.05, 0) is 13.8 Å². The number of aryl methyl sites for hydroxylation is 2. The molecule has 0 amide bonds. The third kappa shape index (κ3) is 2.56. The Labute approximate surface area is 109 Å². The van der Waals surface area contributed by atoms with Crippen molar-refractivity contribution >= 4 is 19.7 Å². The molecule has 8 heteroatoms. The Morgan fingerprint density at radius 3 is 2.61 bits per heavy atom. The maximum absolute atomic E-state index is 11.0. The molecule has 0 saturated carbocycles. The van der Waals surface area contributed by atoms with Gasteiger partial charge in [0.15, 0.2) is 5.76 Å². The quantitative estimate of drug-likeness (QED) is 0.805. The fourth-order valence-electron chi connectivity index (χ4n) is 1.80. The molecule has 0 saturated heterocycles. The lowest BCUT2D eigenvalue weighted by molar-refractivity contribution is 0.425. The van der Waals surface area contributed by atoms with Gasteiger partial charge in [0.1, 0.15) is 11.4 Å². The van der Waals surface area contributed by atoms with Gasteiger partial charge in [-0.25, -0.2) is 8.42 Å². The molecule has 0 atom stereocenters. The minimum atomic E-state index is -3.63. The Balaban J connectivity index is 2.41. The van der Waals surface area contributed by atoms with Crippen molar-refractivity contribution in [3.8, 4) is 11.3 Å². The highest BCUT2D eigenvalue weighted by atomic mass is 35.7. The van der Waals surface area contributed by atoms with Crippen molar-refractivity contribution in [3.05, 3.63) is 23.1 Å². The van der Waals surface area contributed by atoms with Crippen LogP contribution in [-0.2, 0) is 21.9 Å². The van der Waals surface area contributed by atoms with Crippen molar-refractivity contribution in [3.63, 3.8) is 0 Å². The van der Waals surface area contributed by atoms with E-state index in [1.165, 1.54) is 0 Å². The van der Waals surface area contributed by atoms with Crippen molar-refractivity contribution in [1.82, 2.24) is 14.9 Å². The Hall–Kier alpha value is -1.34. The van der Waals surface area contributed by atoms with Crippen molar-refractivity contribution < 1.29 is 12.9 Å². The zero-order valence-corrected chi connectivity index (χ0v) is 11.7. The van der Waals surface area contributed by atoms with E-state index in [0.29, 0.717) is 5.76 Å². The highest BCUT2D eigenvalue weighted by Crippen LogP contribution is 2.27. The van der Waals surface area contributed by atoms with E-state index in [4.69, 9.17) is 15.2 Å². The molecular weight excluding hydrogens is 278 g/mol. The molecule has 2 aromatic rings. The normalized spacial score (nSPS) is 12.0. The van der Waals surface area contributed by atoms with Gasteiger partial charge in [-0.15, -0.1) is 0 Å². The largest absolute Gasteiger partial charge is 0.356 e. The second kappa shape index (κ2) is 4.40. The third-order valence-corrected chi connectivity index (χ3v) is 3.60. The summed E-state index contributed by atoms with van der Waals surface area (Å²) in [6.45, 7) is 3.75. The van der Waals surface area contributed by atoms with E-state index in [2.05, 4.69) is 10.3 Å². The van der Waals surface area contributed by atoms with Crippen LogP contribution in [0.5, 0.6) is 0 Å². The van der Waals surface area contributed by atoms with Crippen molar-refractivity contribution in [1.29, 1.82) is 0 Å². The lowest BCUT2D eigenvalue weighted by atomic mass is 10.1. The topological polar surface area (TPSA) is 78.0 Å². The van der Waals surface area contributed by atoms with Crippen molar-refractivity contribution in [2.75, 3.05) is 0 Å². The van der Waals surface area contributed by atoms with Crippen LogP contribution in [0.15, 0.2) is 10.6 Å². The van der Waals surface area contributed by atoms with Gasteiger partial charge < -0.3 is 4.52 Å². The van der Waals surface area contributed by atoms with Crippen molar-refractivity contribution in [2.45, 2.75) is 19.6 Å². The van der Waals surface area contributed by atoms with E-state index in [9.17, 15) is 8.42 Å². The van der Waals surface area contributed by atoms with Gasteiger partial charge in [0, 0.05) is 29.5 Å². The molecule has 18 heavy (non-hydrogen) atoms. The molecule has 0 aliphatic carbocycles. The van der Waals surface area contributed by atoms with Crippen LogP contribution in [0.4, 0.5) is 0 Å². The van der Waals surface area contributed by atoms with E-state index in [1.807, 2.05) is 20.9 Å². The lowest BCUT2D eigenvalue weighted by Gasteiger charge is -1.95. The zero-order chi connectivity index (χ0) is 13.5. The minimum Gasteiger partial charge on any atom is -0.356 e. The summed E-state index contributed by atoms with van der Waals surface area (Å²) in [5.74, 6) is 0.143. The molecule has 2 rings (SSSR count). The first-order chi connectivity index (χ1) is 8.28. The van der Waals surface area contributed by atoms with Crippen LogP contribution in [0.2, 0.25) is 0 Å². The average molecular weight is 290 g/mol. The molecule has 98 valence electrons. The van der Waals surface area contributed by atoms with Crippen LogP contribution in [0.25, 0.3) is 11.3 Å². The molecule has 0 bridgehead atoms. The Kier molecular flexibility index (Phi) is 3.20. The molecule has 2 heterocycles. The van der Waals surface area contributed by atoms with Gasteiger partial charge in [-0.1, -0.05) is 5.16 Å². The number of hydrogen-bond acceptors (Lipinski definition) is 5. The van der Waals surface area contributed by atoms with E-state index in [1.54, 1.807) is 10.7 Å². The van der Waals surface area contributed by atoms with Gasteiger partial charge in [0.2, 0.25) is 9.05 Å². The van der Waals surface area contributed by atoms with E-state index in [-0.39, 0.29) is 11.4 Å². The first-order valence-electron chi connectivity index (χ1n) is 5.16. The van der Waals surface area contributed by atoms with Crippen LogP contribution >= 0.6 is 10.7 Å². The number of hydrogen-bond donors (Lipinski definition) is 0. The first-order valence-corrected chi connectivity index (χ1v) is 7.64. The fourth-order valence-corrected chi connectivity index (χ4v) is 2.63. The summed E-state index contributed by atoms with van der Waals surface area (Å²) in [6, 6.07) is 1.57. The molecule has 0 aliphatic heterocycles. The maximum Gasteiger partial charge on any atom is 0.238 e. The Morgan fingerprint density at radius 2 is 2.11 bits per heavy atom. The van der Waals surface area contributed by atoms with Crippen LogP contribution in [0, 0.1) is 13.8 Å². The summed E-state index contributed by atoms with van der Waals surface area (Å²) in [6.07, 6.45) is 0. The average Bonchev–Trinajstić information content (AvgIpc) is 2.71. The van der Waals surface area contributed by atoms with Gasteiger partial charge in [0.25, 0.3) is 0 Å². The standard InChI is InChI=1S/C10H12ClN3O3S/c1-6-10(7(2)14(3)12-6)9-4-8(13-17-9)5-18(11,15)16/h4H,5H2,1-3H3. The summed E-state index contributed by atoms with van der Waals surface area (Å²) >= 11 is 0. The predicted molar refractivity (Wildman–Crippen MR) is 66.7 cm³/mol. The van der Waals surface area contributed by atoms with Gasteiger partial charge in [-0.2, -0.15) is 5.10 Å². The number of aromatic nitrogens is 3. The second-order valence-corrected chi connectivity index (χ2v) is 6.81. The molecule has 0 N–H and O–H groups in total. The Morgan fingerprint density at radius 1 is 1.44 bits per heavy atom. The monoisotopic (exact) mass is 289 g/mol. The number of rotatable bonds is 3. The lowest BCUT2D eigenvalue weighted by Crippen LogP contribution is -1.94. The van der Waals surface area contributed by atoms with Gasteiger partial charge in [0.05, 0.1) is 11.3 Å². The van der Waals surface area contributed by atoms with E-state index in [0.717, 1.165) is 17.0 Å². The summed E-state index contributed by atoms with van der Waals surface area (Å²) in [7, 11) is 3.36. The SMILES string of the molecule is Cc1nn(C)c(C)c1-c1cc(CS(=O)(=O)Cl)no1. The zero-order valence-electron chi connectivity index (χ0n) is 10.1. The summed E-state index contributed by atoms with van der Waals surface area (Å²) in [5, 5.41) is 7.95. The smallest absolute Gasteiger partial charge is 0.238 e. The second-order valence-electron chi connectivity index (χ2n) is 4.04. The van der Waals surface area contributed by atoms with E-state index < -0.39 is 9.05 Å². The molecule has 0 spiro atoms. The highest BCUT2D eigenvalue weighted by Gasteiger charge is 2.18. The van der Waals surface area contributed by atoms with Gasteiger partial charge >= 0.3 is 0 Å². The van der Waals surface area contributed by atoms with Crippen LogP contribution in [0.3, 0.4) is 0 Å². The minimum absolute atomic E-state index is 0.280. The number of halogens is 1. The molecule has 0 unspecified atom stereocenters. The molecule has 2 aromatic heterocycles. The summed E-state index contributed by atoms with van der Waals surface area (Å²) in [4.78, 5) is 0. The highest BCUT2D eigenvalue weighted by molar-refractivity contribution is 8.13. The van der Waals surface area contributed by atoms with Gasteiger partial charge in [-0.3, -0.25) is 4.68 Å². The van der Waals surface area contributed by atoms with Crippen LogP contribution < -0.4 is 0 Å². The molecule has 0 radical (unpaired) electrons. The fraction of sp³-hybridized carbons (Fsp3) is 0.400.